The van der Waals surface area contributed by atoms with E-state index in [1.54, 1.807) is 6.92 Å². The molecule has 1 aliphatic rings. The van der Waals surface area contributed by atoms with E-state index in [1.807, 2.05) is 6.92 Å². The van der Waals surface area contributed by atoms with Gasteiger partial charge in [-0.05, 0) is 32.6 Å². The van der Waals surface area contributed by atoms with Gasteiger partial charge in [0.25, 0.3) is 0 Å². The van der Waals surface area contributed by atoms with Crippen LogP contribution in [0.2, 0.25) is 0 Å². The van der Waals surface area contributed by atoms with E-state index < -0.39 is 5.54 Å². The first-order chi connectivity index (χ1) is 8.94. The number of carbonyl (C=O) groups excluding carboxylic acids is 1. The van der Waals surface area contributed by atoms with Crippen molar-refractivity contribution in [3.05, 3.63) is 5.69 Å². The number of nitriles is 1. The van der Waals surface area contributed by atoms with Crippen molar-refractivity contribution in [2.45, 2.75) is 36.4 Å². The minimum Gasteiger partial charge on any atom is -0.375 e. The van der Waals surface area contributed by atoms with E-state index in [0.717, 1.165) is 22.7 Å². The third-order valence-corrected chi connectivity index (χ3v) is 5.48. The molecule has 7 heteroatoms. The SMILES string of the molecule is Cc1nc(N)sc1SCC(=O)NC(C)(C#N)C1CC1. The molecular weight excluding hydrogens is 280 g/mol. The average Bonchev–Trinajstić information content (AvgIpc) is 3.14. The zero-order valence-electron chi connectivity index (χ0n) is 10.9. The summed E-state index contributed by atoms with van der Waals surface area (Å²) in [4.78, 5) is 16.0. The number of anilines is 1. The topological polar surface area (TPSA) is 91.8 Å². The van der Waals surface area contributed by atoms with Gasteiger partial charge in [0.15, 0.2) is 5.13 Å². The summed E-state index contributed by atoms with van der Waals surface area (Å²) < 4.78 is 0.956. The second-order valence-electron chi connectivity index (χ2n) is 4.85. The van der Waals surface area contributed by atoms with Crippen LogP contribution in [0.5, 0.6) is 0 Å². The van der Waals surface area contributed by atoms with Gasteiger partial charge in [0, 0.05) is 0 Å². The molecule has 0 radical (unpaired) electrons. The highest BCUT2D eigenvalue weighted by atomic mass is 32.2. The van der Waals surface area contributed by atoms with Gasteiger partial charge < -0.3 is 11.1 Å². The maximum Gasteiger partial charge on any atom is 0.231 e. The molecule has 0 aromatic carbocycles. The minimum atomic E-state index is -0.723. The summed E-state index contributed by atoms with van der Waals surface area (Å²) in [6.07, 6.45) is 2.03. The third kappa shape index (κ3) is 3.39. The van der Waals surface area contributed by atoms with E-state index >= 15 is 0 Å². The van der Waals surface area contributed by atoms with Crippen LogP contribution in [0.1, 0.15) is 25.5 Å². The zero-order valence-corrected chi connectivity index (χ0v) is 12.5. The fraction of sp³-hybridized carbons (Fsp3) is 0.583. The molecule has 1 saturated carbocycles. The van der Waals surface area contributed by atoms with E-state index in [2.05, 4.69) is 16.4 Å². The number of aryl methyl sites for hydroxylation is 1. The van der Waals surface area contributed by atoms with Crippen LogP contribution in [0, 0.1) is 24.2 Å². The van der Waals surface area contributed by atoms with Crippen LogP contribution in [0.3, 0.4) is 0 Å². The summed E-state index contributed by atoms with van der Waals surface area (Å²) in [5, 5.41) is 12.5. The van der Waals surface area contributed by atoms with Gasteiger partial charge in [0.2, 0.25) is 5.91 Å². The minimum absolute atomic E-state index is 0.118. The van der Waals surface area contributed by atoms with Crippen LogP contribution in [0.4, 0.5) is 5.13 Å². The van der Waals surface area contributed by atoms with Gasteiger partial charge in [-0.3, -0.25) is 4.79 Å². The summed E-state index contributed by atoms with van der Waals surface area (Å²) >= 11 is 2.80. The molecule has 5 nitrogen and oxygen atoms in total. The van der Waals surface area contributed by atoms with Crippen molar-refractivity contribution in [2.24, 2.45) is 5.92 Å². The molecule has 1 atom stereocenters. The Kier molecular flexibility index (Phi) is 4.02. The Morgan fingerprint density at radius 2 is 2.42 bits per heavy atom. The molecule has 1 aromatic rings. The zero-order chi connectivity index (χ0) is 14.0. The maximum absolute atomic E-state index is 11.9. The highest BCUT2D eigenvalue weighted by molar-refractivity contribution is 8.01. The van der Waals surface area contributed by atoms with Crippen LogP contribution in [-0.4, -0.2) is 22.2 Å². The molecular formula is C12H16N4OS2. The van der Waals surface area contributed by atoms with Crippen LogP contribution >= 0.6 is 23.1 Å². The molecule has 1 heterocycles. The summed E-state index contributed by atoms with van der Waals surface area (Å²) in [5.41, 5.74) is 5.74. The second-order valence-corrected chi connectivity index (χ2v) is 7.12. The quantitative estimate of drug-likeness (QED) is 0.810. The number of nitrogens with two attached hydrogens (primary N) is 1. The van der Waals surface area contributed by atoms with Crippen LogP contribution in [0.15, 0.2) is 4.21 Å². The molecule has 1 fully saturated rings. The average molecular weight is 296 g/mol. The lowest BCUT2D eigenvalue weighted by Crippen LogP contribution is -2.47. The van der Waals surface area contributed by atoms with Gasteiger partial charge in [-0.2, -0.15) is 5.26 Å². The lowest BCUT2D eigenvalue weighted by molar-refractivity contribution is -0.119. The molecule has 1 unspecified atom stereocenters. The fourth-order valence-corrected chi connectivity index (χ4v) is 3.70. The van der Waals surface area contributed by atoms with Crippen molar-refractivity contribution in [3.63, 3.8) is 0 Å². The molecule has 0 bridgehead atoms. The molecule has 1 aromatic heterocycles. The smallest absolute Gasteiger partial charge is 0.231 e. The molecule has 2 rings (SSSR count). The molecule has 0 spiro atoms. The van der Waals surface area contributed by atoms with Crippen LogP contribution in [-0.2, 0) is 4.79 Å². The molecule has 19 heavy (non-hydrogen) atoms. The molecule has 1 amide bonds. The Morgan fingerprint density at radius 1 is 1.74 bits per heavy atom. The number of thiazole rings is 1. The van der Waals surface area contributed by atoms with E-state index in [1.165, 1.54) is 23.1 Å². The van der Waals surface area contributed by atoms with Gasteiger partial charge in [-0.25, -0.2) is 4.98 Å². The van der Waals surface area contributed by atoms with Gasteiger partial charge in [-0.1, -0.05) is 11.3 Å². The summed E-state index contributed by atoms with van der Waals surface area (Å²) in [6.45, 7) is 3.67. The molecule has 1 aliphatic carbocycles. The Bertz CT molecular complexity index is 532. The van der Waals surface area contributed by atoms with Crippen LogP contribution < -0.4 is 11.1 Å². The number of hydrogen-bond acceptors (Lipinski definition) is 6. The van der Waals surface area contributed by atoms with Crippen molar-refractivity contribution in [1.29, 1.82) is 5.26 Å². The Hall–Kier alpha value is -1.26. The summed E-state index contributed by atoms with van der Waals surface area (Å²) in [6, 6.07) is 2.21. The summed E-state index contributed by atoms with van der Waals surface area (Å²) in [5.74, 6) is 0.464. The number of hydrogen-bond donors (Lipinski definition) is 2. The van der Waals surface area contributed by atoms with Crippen molar-refractivity contribution in [2.75, 3.05) is 11.5 Å². The van der Waals surface area contributed by atoms with Crippen LogP contribution in [0.25, 0.3) is 0 Å². The van der Waals surface area contributed by atoms with Gasteiger partial charge in [-0.15, -0.1) is 11.8 Å². The Balaban J connectivity index is 1.88. The maximum atomic E-state index is 11.9. The number of nitrogen functional groups attached to an aromatic ring is 1. The predicted molar refractivity (Wildman–Crippen MR) is 76.9 cm³/mol. The molecule has 102 valence electrons. The van der Waals surface area contributed by atoms with E-state index in [0.29, 0.717) is 11.0 Å². The lowest BCUT2D eigenvalue weighted by atomic mass is 9.98. The highest BCUT2D eigenvalue weighted by Gasteiger charge is 2.42. The van der Waals surface area contributed by atoms with Gasteiger partial charge in [0.05, 0.1) is 21.7 Å². The van der Waals surface area contributed by atoms with Crippen molar-refractivity contribution in [1.82, 2.24) is 10.3 Å². The predicted octanol–water partition coefficient (Wildman–Crippen LogP) is 1.93. The van der Waals surface area contributed by atoms with E-state index in [4.69, 9.17) is 5.73 Å². The monoisotopic (exact) mass is 296 g/mol. The lowest BCUT2D eigenvalue weighted by Gasteiger charge is -2.22. The number of aromatic nitrogens is 1. The third-order valence-electron chi connectivity index (χ3n) is 3.13. The number of amides is 1. The first-order valence-corrected chi connectivity index (χ1v) is 7.83. The molecule has 0 saturated heterocycles. The highest BCUT2D eigenvalue weighted by Crippen LogP contribution is 2.39. The normalized spacial score (nSPS) is 17.5. The standard InChI is InChI=1S/C12H16N4OS2/c1-7-10(19-11(14)15-7)18-5-9(17)16-12(2,6-13)8-3-4-8/h8H,3-5H2,1-2H3,(H2,14,15)(H,16,17). The van der Waals surface area contributed by atoms with E-state index in [-0.39, 0.29) is 11.7 Å². The van der Waals surface area contributed by atoms with Gasteiger partial charge >= 0.3 is 0 Å². The number of nitrogens with zero attached hydrogens (tertiary/aromatic N) is 2. The first-order valence-electron chi connectivity index (χ1n) is 6.02. The van der Waals surface area contributed by atoms with Crippen molar-refractivity contribution < 1.29 is 4.79 Å². The summed E-state index contributed by atoms with van der Waals surface area (Å²) in [7, 11) is 0. The van der Waals surface area contributed by atoms with Gasteiger partial charge in [0.1, 0.15) is 5.54 Å². The molecule has 0 aliphatic heterocycles. The van der Waals surface area contributed by atoms with Crippen molar-refractivity contribution in [3.8, 4) is 6.07 Å². The number of thioether (sulfide) groups is 1. The second kappa shape index (κ2) is 5.39. The first kappa shape index (κ1) is 14.2. The largest absolute Gasteiger partial charge is 0.375 e. The van der Waals surface area contributed by atoms with Crippen molar-refractivity contribution >= 4 is 34.1 Å². The molecule has 3 N–H and O–H groups in total. The fourth-order valence-electron chi connectivity index (χ4n) is 1.88. The number of rotatable bonds is 5. The Morgan fingerprint density at radius 3 is 2.89 bits per heavy atom. The van der Waals surface area contributed by atoms with E-state index in [9.17, 15) is 10.1 Å². The number of nitrogens with one attached hydrogen (secondary N) is 1. The Labute approximate surface area is 120 Å². The number of carbonyl (C=O) groups is 1.